The third kappa shape index (κ3) is 0.999. The van der Waals surface area contributed by atoms with E-state index < -0.39 is 0 Å². The van der Waals surface area contributed by atoms with E-state index in [0.717, 1.165) is 12.8 Å². The molecule has 0 aromatic carbocycles. The Hall–Kier alpha value is -1.31. The number of carbonyl (C=O) groups excluding carboxylic acids is 1. The van der Waals surface area contributed by atoms with E-state index in [1.165, 1.54) is 17.6 Å². The highest BCUT2D eigenvalue weighted by Gasteiger charge is 2.36. The monoisotopic (exact) mass is 187 g/mol. The minimum absolute atomic E-state index is 0.150. The maximum absolute atomic E-state index is 11.7. The number of amides is 1. The van der Waals surface area contributed by atoms with E-state index in [4.69, 9.17) is 0 Å². The molecule has 0 bridgehead atoms. The first kappa shape index (κ1) is 8.04. The van der Waals surface area contributed by atoms with Crippen LogP contribution in [0.1, 0.15) is 19.3 Å². The molecule has 0 saturated heterocycles. The van der Waals surface area contributed by atoms with Crippen molar-refractivity contribution < 1.29 is 4.79 Å². The van der Waals surface area contributed by atoms with Crippen LogP contribution in [0.2, 0.25) is 0 Å². The second kappa shape index (κ2) is 2.84. The fourth-order valence-corrected chi connectivity index (χ4v) is 2.71. The van der Waals surface area contributed by atoms with Crippen molar-refractivity contribution in [2.75, 3.05) is 0 Å². The molecule has 2 aliphatic carbocycles. The lowest BCUT2D eigenvalue weighted by atomic mass is 9.86. The Balaban J connectivity index is 2.11. The molecule has 3 aliphatic rings. The summed E-state index contributed by atoms with van der Waals surface area (Å²) in [4.78, 5) is 11.7. The number of carbonyl (C=O) groups is 1. The lowest BCUT2D eigenvalue weighted by Crippen LogP contribution is -2.43. The summed E-state index contributed by atoms with van der Waals surface area (Å²) >= 11 is 0. The van der Waals surface area contributed by atoms with Crippen molar-refractivity contribution in [3.05, 3.63) is 35.5 Å². The Kier molecular flexibility index (Phi) is 1.63. The van der Waals surface area contributed by atoms with Gasteiger partial charge in [0.2, 0.25) is 5.91 Å². The predicted octanol–water partition coefficient (Wildman–Crippen LogP) is 1.71. The van der Waals surface area contributed by atoms with Crippen LogP contribution in [-0.2, 0) is 4.79 Å². The van der Waals surface area contributed by atoms with E-state index in [-0.39, 0.29) is 17.9 Å². The van der Waals surface area contributed by atoms with Crippen molar-refractivity contribution in [3.63, 3.8) is 0 Å². The largest absolute Gasteiger partial charge is 0.345 e. The molecule has 1 heterocycles. The van der Waals surface area contributed by atoms with E-state index in [9.17, 15) is 4.79 Å². The van der Waals surface area contributed by atoms with Crippen LogP contribution in [0.5, 0.6) is 0 Å². The molecule has 1 saturated carbocycles. The van der Waals surface area contributed by atoms with Gasteiger partial charge in [-0.05, 0) is 24.8 Å². The van der Waals surface area contributed by atoms with E-state index in [0.29, 0.717) is 0 Å². The zero-order valence-electron chi connectivity index (χ0n) is 7.99. The van der Waals surface area contributed by atoms with Gasteiger partial charge < -0.3 is 5.32 Å². The van der Waals surface area contributed by atoms with Gasteiger partial charge >= 0.3 is 0 Å². The maximum atomic E-state index is 11.7. The highest BCUT2D eigenvalue weighted by molar-refractivity contribution is 5.85. The van der Waals surface area contributed by atoms with Gasteiger partial charge in [0, 0.05) is 0 Å². The minimum Gasteiger partial charge on any atom is -0.345 e. The van der Waals surface area contributed by atoms with Gasteiger partial charge in [0.1, 0.15) is 0 Å². The predicted molar refractivity (Wildman–Crippen MR) is 54.6 cm³/mol. The van der Waals surface area contributed by atoms with Crippen LogP contribution in [0, 0.1) is 5.92 Å². The average Bonchev–Trinajstić information content (AvgIpc) is 2.67. The Morgan fingerprint density at radius 3 is 3.21 bits per heavy atom. The fraction of sp³-hybridized carbons (Fsp3) is 0.417. The summed E-state index contributed by atoms with van der Waals surface area (Å²) in [6.45, 7) is 0. The zero-order chi connectivity index (χ0) is 9.54. The molecule has 72 valence electrons. The number of hydrogen-bond donors (Lipinski definition) is 1. The Morgan fingerprint density at radius 2 is 2.29 bits per heavy atom. The molecule has 2 heteroatoms. The van der Waals surface area contributed by atoms with Crippen LogP contribution < -0.4 is 5.32 Å². The fourth-order valence-electron chi connectivity index (χ4n) is 2.71. The Bertz CT molecular complexity index is 376. The first-order valence-corrected chi connectivity index (χ1v) is 5.24. The summed E-state index contributed by atoms with van der Waals surface area (Å²) < 4.78 is 0. The molecular formula is C12H13NO. The molecule has 2 atom stereocenters. The molecule has 1 unspecified atom stereocenters. The smallest absolute Gasteiger partial charge is 0.227 e. The summed E-state index contributed by atoms with van der Waals surface area (Å²) in [6.07, 6.45) is 11.6. The van der Waals surface area contributed by atoms with Gasteiger partial charge in [-0.15, -0.1) is 0 Å². The summed E-state index contributed by atoms with van der Waals surface area (Å²) in [7, 11) is 0. The summed E-state index contributed by atoms with van der Waals surface area (Å²) in [5.41, 5.74) is 2.73. The van der Waals surface area contributed by atoms with Crippen LogP contribution in [-0.4, -0.2) is 11.9 Å². The summed E-state index contributed by atoms with van der Waals surface area (Å²) in [5.74, 6) is 0.406. The topological polar surface area (TPSA) is 29.1 Å². The second-order valence-electron chi connectivity index (χ2n) is 4.16. The van der Waals surface area contributed by atoms with Gasteiger partial charge in [0.15, 0.2) is 0 Å². The molecule has 2 nitrogen and oxygen atoms in total. The highest BCUT2D eigenvalue weighted by atomic mass is 16.2. The number of hydrogen-bond acceptors (Lipinski definition) is 1. The Morgan fingerprint density at radius 1 is 1.36 bits per heavy atom. The van der Waals surface area contributed by atoms with Gasteiger partial charge in [-0.2, -0.15) is 0 Å². The average molecular weight is 187 g/mol. The van der Waals surface area contributed by atoms with Gasteiger partial charge in [-0.3, -0.25) is 4.79 Å². The number of rotatable bonds is 0. The van der Waals surface area contributed by atoms with Crippen molar-refractivity contribution >= 4 is 5.91 Å². The van der Waals surface area contributed by atoms with Crippen LogP contribution in [0.3, 0.4) is 0 Å². The van der Waals surface area contributed by atoms with Crippen LogP contribution in [0.25, 0.3) is 0 Å². The zero-order valence-corrected chi connectivity index (χ0v) is 7.99. The first-order valence-electron chi connectivity index (χ1n) is 5.24. The van der Waals surface area contributed by atoms with E-state index in [2.05, 4.69) is 23.5 Å². The lowest BCUT2D eigenvalue weighted by molar-refractivity contribution is -0.124. The third-order valence-corrected chi connectivity index (χ3v) is 3.37. The van der Waals surface area contributed by atoms with Crippen LogP contribution in [0.4, 0.5) is 0 Å². The maximum Gasteiger partial charge on any atom is 0.227 e. The molecule has 1 aliphatic heterocycles. The van der Waals surface area contributed by atoms with Gasteiger partial charge in [-0.25, -0.2) is 0 Å². The molecule has 0 aromatic rings. The van der Waals surface area contributed by atoms with Crippen molar-refractivity contribution in [1.82, 2.24) is 5.32 Å². The first-order chi connectivity index (χ1) is 6.86. The quantitative estimate of drug-likeness (QED) is 0.614. The molecule has 0 radical (unpaired) electrons. The minimum atomic E-state index is 0.150. The van der Waals surface area contributed by atoms with Crippen LogP contribution >= 0.6 is 0 Å². The van der Waals surface area contributed by atoms with E-state index in [1.54, 1.807) is 0 Å². The van der Waals surface area contributed by atoms with Gasteiger partial charge in [0.05, 0.1) is 12.0 Å². The summed E-state index contributed by atoms with van der Waals surface area (Å²) in [6, 6.07) is 0.150. The Labute approximate surface area is 83.4 Å². The van der Waals surface area contributed by atoms with Crippen molar-refractivity contribution in [2.24, 2.45) is 5.92 Å². The normalized spacial score (nSPS) is 34.1. The van der Waals surface area contributed by atoms with E-state index >= 15 is 0 Å². The van der Waals surface area contributed by atoms with E-state index in [1.807, 2.05) is 6.08 Å². The molecule has 0 aromatic heterocycles. The molecule has 1 amide bonds. The molecule has 3 rings (SSSR count). The SMILES string of the molecule is O=C1NC2C=CC=CC2=C2CCC[C@H]12. The van der Waals surface area contributed by atoms with Crippen molar-refractivity contribution in [3.8, 4) is 0 Å². The molecule has 0 spiro atoms. The van der Waals surface area contributed by atoms with Gasteiger partial charge in [0.25, 0.3) is 0 Å². The third-order valence-electron chi connectivity index (χ3n) is 3.37. The van der Waals surface area contributed by atoms with Gasteiger partial charge in [-0.1, -0.05) is 29.9 Å². The number of nitrogens with one attached hydrogen (secondary N) is 1. The molecule has 1 N–H and O–H groups in total. The molecular weight excluding hydrogens is 174 g/mol. The number of fused-ring (bicyclic) bond motifs is 2. The molecule has 14 heavy (non-hydrogen) atoms. The lowest BCUT2D eigenvalue weighted by Gasteiger charge is -2.29. The number of allylic oxidation sites excluding steroid dienone is 2. The second-order valence-corrected chi connectivity index (χ2v) is 4.16. The highest BCUT2D eigenvalue weighted by Crippen LogP contribution is 2.38. The van der Waals surface area contributed by atoms with Crippen molar-refractivity contribution in [2.45, 2.75) is 25.3 Å². The van der Waals surface area contributed by atoms with Crippen molar-refractivity contribution in [1.29, 1.82) is 0 Å². The molecule has 1 fully saturated rings. The standard InChI is InChI=1S/C12H13NO/c14-12-10-6-3-5-8(10)9-4-1-2-7-11(9)13-12/h1-2,4,7,10-11H,3,5-6H2,(H,13,14)/t10-,11?/m0/s1. The summed E-state index contributed by atoms with van der Waals surface area (Å²) in [5, 5.41) is 3.05. The van der Waals surface area contributed by atoms with Crippen LogP contribution in [0.15, 0.2) is 35.5 Å².